The van der Waals surface area contributed by atoms with Gasteiger partial charge in [0.15, 0.2) is 0 Å². The van der Waals surface area contributed by atoms with Gasteiger partial charge in [-0.3, -0.25) is 0 Å². The summed E-state index contributed by atoms with van der Waals surface area (Å²) in [5.41, 5.74) is 0.705. The number of aliphatic hydroxyl groups is 1. The summed E-state index contributed by atoms with van der Waals surface area (Å²) in [6, 6.07) is 8.33. The lowest BCUT2D eigenvalue weighted by Gasteiger charge is -2.44. The zero-order valence-electron chi connectivity index (χ0n) is 12.0. The zero-order chi connectivity index (χ0) is 13.9. The second kappa shape index (κ2) is 5.80. The molecular formula is C15H24N2O2. The van der Waals surface area contributed by atoms with Crippen molar-refractivity contribution in [2.24, 2.45) is 0 Å². The third kappa shape index (κ3) is 3.01. The fourth-order valence-corrected chi connectivity index (χ4v) is 2.76. The van der Waals surface area contributed by atoms with Crippen LogP contribution in [-0.2, 0) is 0 Å². The van der Waals surface area contributed by atoms with Crippen LogP contribution in [0.3, 0.4) is 0 Å². The van der Waals surface area contributed by atoms with E-state index in [1.54, 1.807) is 7.11 Å². The molecule has 0 saturated carbocycles. The number of piperidine rings is 1. The van der Waals surface area contributed by atoms with Crippen LogP contribution in [0.2, 0.25) is 0 Å². The van der Waals surface area contributed by atoms with Crippen LogP contribution in [0.15, 0.2) is 24.3 Å². The van der Waals surface area contributed by atoms with E-state index in [1.807, 2.05) is 24.3 Å². The lowest BCUT2D eigenvalue weighted by Crippen LogP contribution is -2.54. The molecule has 0 aliphatic carbocycles. The Labute approximate surface area is 115 Å². The molecule has 1 aliphatic heterocycles. The Morgan fingerprint density at radius 2 is 2.21 bits per heavy atom. The minimum Gasteiger partial charge on any atom is -0.495 e. The molecule has 0 amide bonds. The number of hydrogen-bond donors (Lipinski definition) is 2. The first-order valence-electron chi connectivity index (χ1n) is 6.82. The maximum absolute atomic E-state index is 9.85. The van der Waals surface area contributed by atoms with Crippen molar-refractivity contribution >= 4 is 5.69 Å². The molecule has 2 atom stereocenters. The molecule has 0 bridgehead atoms. The molecule has 1 aromatic carbocycles. The van der Waals surface area contributed by atoms with Crippen molar-refractivity contribution in [1.29, 1.82) is 0 Å². The summed E-state index contributed by atoms with van der Waals surface area (Å²) in [4.78, 5) is 2.33. The van der Waals surface area contributed by atoms with E-state index >= 15 is 0 Å². The third-order valence-electron chi connectivity index (χ3n) is 4.19. The first-order chi connectivity index (χ1) is 9.10. The topological polar surface area (TPSA) is 44.7 Å². The molecule has 0 spiro atoms. The second-order valence-corrected chi connectivity index (χ2v) is 5.55. The largest absolute Gasteiger partial charge is 0.495 e. The van der Waals surface area contributed by atoms with E-state index in [0.717, 1.165) is 30.8 Å². The summed E-state index contributed by atoms with van der Waals surface area (Å²) in [6.07, 6.45) is 1.86. The standard InChI is InChI=1S/C15H24N2O2/c1-12-10-15(11-18,8-9-17(12)2)16-13-6-4-5-7-14(13)19-3/h4-7,12,16,18H,8-11H2,1-3H3. The summed E-state index contributed by atoms with van der Waals surface area (Å²) in [5.74, 6) is 0.821. The molecule has 1 aliphatic rings. The van der Waals surface area contributed by atoms with Gasteiger partial charge in [0.05, 0.1) is 24.9 Å². The smallest absolute Gasteiger partial charge is 0.141 e. The van der Waals surface area contributed by atoms with Crippen LogP contribution in [0.5, 0.6) is 5.75 Å². The maximum atomic E-state index is 9.85. The molecule has 0 aromatic heterocycles. The number of aliphatic hydroxyl groups excluding tert-OH is 1. The van der Waals surface area contributed by atoms with E-state index in [-0.39, 0.29) is 12.1 Å². The van der Waals surface area contributed by atoms with Crippen LogP contribution in [0, 0.1) is 0 Å². The van der Waals surface area contributed by atoms with E-state index in [4.69, 9.17) is 4.74 Å². The Balaban J connectivity index is 2.19. The molecule has 1 fully saturated rings. The van der Waals surface area contributed by atoms with Gasteiger partial charge in [0.2, 0.25) is 0 Å². The minimum atomic E-state index is -0.249. The van der Waals surface area contributed by atoms with Gasteiger partial charge in [-0.15, -0.1) is 0 Å². The average Bonchev–Trinajstić information content (AvgIpc) is 2.44. The number of hydrogen-bond acceptors (Lipinski definition) is 4. The number of nitrogens with zero attached hydrogens (tertiary/aromatic N) is 1. The lowest BCUT2D eigenvalue weighted by molar-refractivity contribution is 0.0968. The van der Waals surface area contributed by atoms with Crippen molar-refractivity contribution in [1.82, 2.24) is 4.90 Å². The highest BCUT2D eigenvalue weighted by molar-refractivity contribution is 5.57. The molecule has 19 heavy (non-hydrogen) atoms. The fraction of sp³-hybridized carbons (Fsp3) is 0.600. The Bertz CT molecular complexity index is 424. The number of benzene rings is 1. The lowest BCUT2D eigenvalue weighted by atomic mass is 9.84. The van der Waals surface area contributed by atoms with Crippen LogP contribution < -0.4 is 10.1 Å². The fourth-order valence-electron chi connectivity index (χ4n) is 2.76. The van der Waals surface area contributed by atoms with Crippen LogP contribution in [-0.4, -0.2) is 48.9 Å². The number of ether oxygens (including phenoxy) is 1. The average molecular weight is 264 g/mol. The van der Waals surface area contributed by atoms with Crippen LogP contribution in [0.25, 0.3) is 0 Å². The predicted molar refractivity (Wildman–Crippen MR) is 77.8 cm³/mol. The zero-order valence-corrected chi connectivity index (χ0v) is 12.0. The molecule has 4 heteroatoms. The van der Waals surface area contributed by atoms with E-state index in [9.17, 15) is 5.11 Å². The molecule has 106 valence electrons. The number of likely N-dealkylation sites (tertiary alicyclic amines) is 1. The third-order valence-corrected chi connectivity index (χ3v) is 4.19. The molecule has 2 N–H and O–H groups in total. The molecule has 1 heterocycles. The van der Waals surface area contributed by atoms with Gasteiger partial charge < -0.3 is 20.1 Å². The maximum Gasteiger partial charge on any atom is 0.141 e. The summed E-state index contributed by atoms with van der Waals surface area (Å²) in [5, 5.41) is 13.4. The molecular weight excluding hydrogens is 240 g/mol. The van der Waals surface area contributed by atoms with Crippen LogP contribution >= 0.6 is 0 Å². The molecule has 4 nitrogen and oxygen atoms in total. The summed E-state index contributed by atoms with van der Waals surface area (Å²) < 4.78 is 5.37. The Kier molecular flexibility index (Phi) is 4.32. The second-order valence-electron chi connectivity index (χ2n) is 5.55. The van der Waals surface area contributed by atoms with E-state index in [2.05, 4.69) is 24.2 Å². The molecule has 2 unspecified atom stereocenters. The van der Waals surface area contributed by atoms with Crippen molar-refractivity contribution in [3.63, 3.8) is 0 Å². The molecule has 2 rings (SSSR count). The van der Waals surface area contributed by atoms with Gasteiger partial charge in [-0.05, 0) is 38.9 Å². The van der Waals surface area contributed by atoms with Gasteiger partial charge in [0, 0.05) is 12.6 Å². The van der Waals surface area contributed by atoms with Crippen LogP contribution in [0.1, 0.15) is 19.8 Å². The van der Waals surface area contributed by atoms with Crippen molar-refractivity contribution in [3.05, 3.63) is 24.3 Å². The highest BCUT2D eigenvalue weighted by Gasteiger charge is 2.36. The monoisotopic (exact) mass is 264 g/mol. The molecule has 0 radical (unpaired) electrons. The Morgan fingerprint density at radius 1 is 1.47 bits per heavy atom. The number of para-hydroxylation sites is 2. The van der Waals surface area contributed by atoms with Gasteiger partial charge >= 0.3 is 0 Å². The minimum absolute atomic E-state index is 0.142. The number of nitrogens with one attached hydrogen (secondary N) is 1. The van der Waals surface area contributed by atoms with Crippen LogP contribution in [0.4, 0.5) is 5.69 Å². The molecule has 1 saturated heterocycles. The van der Waals surface area contributed by atoms with Gasteiger partial charge in [0.25, 0.3) is 0 Å². The van der Waals surface area contributed by atoms with Gasteiger partial charge in [-0.25, -0.2) is 0 Å². The van der Waals surface area contributed by atoms with E-state index in [0.29, 0.717) is 6.04 Å². The summed E-state index contributed by atoms with van der Waals surface area (Å²) in [7, 11) is 3.80. The van der Waals surface area contributed by atoms with Crippen molar-refractivity contribution in [2.45, 2.75) is 31.3 Å². The summed E-state index contributed by atoms with van der Waals surface area (Å²) in [6.45, 7) is 3.33. The quantitative estimate of drug-likeness (QED) is 0.872. The SMILES string of the molecule is COc1ccccc1NC1(CO)CCN(C)C(C)C1. The number of rotatable bonds is 4. The highest BCUT2D eigenvalue weighted by atomic mass is 16.5. The van der Waals surface area contributed by atoms with Gasteiger partial charge in [-0.2, -0.15) is 0 Å². The van der Waals surface area contributed by atoms with E-state index < -0.39 is 0 Å². The first kappa shape index (κ1) is 14.2. The van der Waals surface area contributed by atoms with Crippen molar-refractivity contribution in [3.8, 4) is 5.75 Å². The van der Waals surface area contributed by atoms with Crippen molar-refractivity contribution < 1.29 is 9.84 Å². The van der Waals surface area contributed by atoms with Crippen molar-refractivity contribution in [2.75, 3.05) is 32.6 Å². The normalized spacial score (nSPS) is 28.1. The van der Waals surface area contributed by atoms with Gasteiger partial charge in [0.1, 0.15) is 5.75 Å². The Hall–Kier alpha value is -1.26. The summed E-state index contributed by atoms with van der Waals surface area (Å²) >= 11 is 0. The van der Waals surface area contributed by atoms with Gasteiger partial charge in [-0.1, -0.05) is 12.1 Å². The highest BCUT2D eigenvalue weighted by Crippen LogP contribution is 2.33. The first-order valence-corrected chi connectivity index (χ1v) is 6.82. The number of anilines is 1. The van der Waals surface area contributed by atoms with E-state index in [1.165, 1.54) is 0 Å². The number of methoxy groups -OCH3 is 1. The predicted octanol–water partition coefficient (Wildman–Crippen LogP) is 1.95. The molecule has 1 aromatic rings. The Morgan fingerprint density at radius 3 is 2.84 bits per heavy atom.